The van der Waals surface area contributed by atoms with E-state index < -0.39 is 17.7 Å². The van der Waals surface area contributed by atoms with Crippen molar-refractivity contribution in [3.05, 3.63) is 40.4 Å². The molecular weight excluding hydrogens is 297 g/mol. The van der Waals surface area contributed by atoms with Gasteiger partial charge in [-0.05, 0) is 29.7 Å². The van der Waals surface area contributed by atoms with Crippen molar-refractivity contribution in [1.82, 2.24) is 9.59 Å². The standard InChI is InChI=1S/C11H7F3N2O3S/c12-11(13,14)6-2-1-3-7(4-6)19-5-8-9(10(17)18)20-16-15-8/h1-4H,5H2,(H,17,18). The van der Waals surface area contributed by atoms with Gasteiger partial charge in [-0.15, -0.1) is 5.10 Å². The van der Waals surface area contributed by atoms with Crippen LogP contribution in [-0.2, 0) is 12.8 Å². The summed E-state index contributed by atoms with van der Waals surface area (Å²) in [6, 6.07) is 4.30. The fourth-order valence-electron chi connectivity index (χ4n) is 1.38. The van der Waals surface area contributed by atoms with Gasteiger partial charge in [0.05, 0.1) is 5.56 Å². The highest BCUT2D eigenvalue weighted by atomic mass is 32.1. The van der Waals surface area contributed by atoms with Crippen molar-refractivity contribution < 1.29 is 27.8 Å². The number of aromatic carboxylic acids is 1. The first-order valence-electron chi connectivity index (χ1n) is 5.22. The molecular formula is C11H7F3N2O3S. The maximum absolute atomic E-state index is 12.5. The maximum atomic E-state index is 12.5. The highest BCUT2D eigenvalue weighted by Crippen LogP contribution is 2.31. The molecule has 0 atom stereocenters. The first-order chi connectivity index (χ1) is 9.38. The number of carboxylic acids is 1. The monoisotopic (exact) mass is 304 g/mol. The van der Waals surface area contributed by atoms with Gasteiger partial charge in [0.25, 0.3) is 0 Å². The van der Waals surface area contributed by atoms with Gasteiger partial charge in [-0.3, -0.25) is 0 Å². The van der Waals surface area contributed by atoms with E-state index in [1.54, 1.807) is 0 Å². The zero-order valence-corrected chi connectivity index (χ0v) is 10.5. The Kier molecular flexibility index (Phi) is 3.89. The Bertz CT molecular complexity index is 627. The number of alkyl halides is 3. The summed E-state index contributed by atoms with van der Waals surface area (Å²) in [5.41, 5.74) is -0.773. The Morgan fingerprint density at radius 2 is 2.15 bits per heavy atom. The maximum Gasteiger partial charge on any atom is 0.416 e. The molecule has 0 spiro atoms. The zero-order chi connectivity index (χ0) is 14.8. The fraction of sp³-hybridized carbons (Fsp3) is 0.182. The van der Waals surface area contributed by atoms with E-state index in [1.807, 2.05) is 0 Å². The summed E-state index contributed by atoms with van der Waals surface area (Å²) in [6.07, 6.45) is -4.46. The molecule has 1 N–H and O–H groups in total. The number of rotatable bonds is 4. The normalized spacial score (nSPS) is 11.3. The minimum Gasteiger partial charge on any atom is -0.487 e. The minimum atomic E-state index is -4.46. The summed E-state index contributed by atoms with van der Waals surface area (Å²) in [5, 5.41) is 12.4. The molecule has 0 saturated carbocycles. The molecule has 20 heavy (non-hydrogen) atoms. The van der Waals surface area contributed by atoms with Crippen LogP contribution in [0.15, 0.2) is 24.3 Å². The van der Waals surface area contributed by atoms with E-state index in [9.17, 15) is 18.0 Å². The summed E-state index contributed by atoms with van der Waals surface area (Å²) in [4.78, 5) is 10.7. The Balaban J connectivity index is 2.11. The topological polar surface area (TPSA) is 72.3 Å². The largest absolute Gasteiger partial charge is 0.487 e. The van der Waals surface area contributed by atoms with Crippen molar-refractivity contribution >= 4 is 17.5 Å². The smallest absolute Gasteiger partial charge is 0.416 e. The summed E-state index contributed by atoms with van der Waals surface area (Å²) in [6.45, 7) is -0.264. The van der Waals surface area contributed by atoms with Crippen molar-refractivity contribution in [1.29, 1.82) is 0 Å². The molecule has 0 aliphatic heterocycles. The number of carbonyl (C=O) groups is 1. The predicted octanol–water partition coefficient (Wildman–Crippen LogP) is 2.83. The van der Waals surface area contributed by atoms with Crippen LogP contribution in [0, 0.1) is 0 Å². The quantitative estimate of drug-likeness (QED) is 0.940. The number of halogens is 3. The molecule has 0 unspecified atom stereocenters. The van der Waals surface area contributed by atoms with Gasteiger partial charge in [-0.2, -0.15) is 13.2 Å². The second-order valence-corrected chi connectivity index (χ2v) is 4.42. The van der Waals surface area contributed by atoms with E-state index in [2.05, 4.69) is 9.59 Å². The lowest BCUT2D eigenvalue weighted by Gasteiger charge is -2.09. The molecule has 1 aromatic carbocycles. The first-order valence-corrected chi connectivity index (χ1v) is 6.00. The molecule has 2 aromatic rings. The van der Waals surface area contributed by atoms with Gasteiger partial charge in [0.15, 0.2) is 4.88 Å². The summed E-state index contributed by atoms with van der Waals surface area (Å²) < 4.78 is 46.1. The van der Waals surface area contributed by atoms with Crippen LogP contribution in [0.25, 0.3) is 0 Å². The Hall–Kier alpha value is -2.16. The molecule has 0 fully saturated rings. The van der Waals surface area contributed by atoms with Gasteiger partial charge in [0, 0.05) is 0 Å². The number of aromatic nitrogens is 2. The van der Waals surface area contributed by atoms with Crippen LogP contribution in [0.3, 0.4) is 0 Å². The predicted molar refractivity (Wildman–Crippen MR) is 62.6 cm³/mol. The van der Waals surface area contributed by atoms with Crippen LogP contribution >= 0.6 is 11.5 Å². The van der Waals surface area contributed by atoms with Crippen molar-refractivity contribution in [3.8, 4) is 5.75 Å². The second kappa shape index (κ2) is 5.45. The van der Waals surface area contributed by atoms with Gasteiger partial charge in [0.1, 0.15) is 18.1 Å². The number of ether oxygens (including phenoxy) is 1. The summed E-state index contributed by atoms with van der Waals surface area (Å²) >= 11 is 0.680. The van der Waals surface area contributed by atoms with E-state index in [0.29, 0.717) is 11.5 Å². The molecule has 0 saturated heterocycles. The van der Waals surface area contributed by atoms with E-state index in [-0.39, 0.29) is 22.9 Å². The third kappa shape index (κ3) is 3.23. The number of hydrogen-bond donors (Lipinski definition) is 1. The van der Waals surface area contributed by atoms with Gasteiger partial charge >= 0.3 is 12.1 Å². The molecule has 0 aliphatic carbocycles. The van der Waals surface area contributed by atoms with Crippen molar-refractivity contribution in [2.75, 3.05) is 0 Å². The molecule has 0 amide bonds. The molecule has 1 aromatic heterocycles. The van der Waals surface area contributed by atoms with Crippen LogP contribution in [-0.4, -0.2) is 20.7 Å². The van der Waals surface area contributed by atoms with Crippen LogP contribution < -0.4 is 4.74 Å². The molecule has 0 aliphatic rings. The molecule has 5 nitrogen and oxygen atoms in total. The lowest BCUT2D eigenvalue weighted by atomic mass is 10.2. The van der Waals surface area contributed by atoms with Gasteiger partial charge < -0.3 is 9.84 Å². The Labute approximate surface area is 114 Å². The van der Waals surface area contributed by atoms with E-state index in [1.165, 1.54) is 12.1 Å². The molecule has 0 radical (unpaired) electrons. The molecule has 0 bridgehead atoms. The number of nitrogens with zero attached hydrogens (tertiary/aromatic N) is 2. The highest BCUT2D eigenvalue weighted by Gasteiger charge is 2.30. The van der Waals surface area contributed by atoms with E-state index >= 15 is 0 Å². The SMILES string of the molecule is O=C(O)c1snnc1COc1cccc(C(F)(F)F)c1. The Morgan fingerprint density at radius 3 is 2.80 bits per heavy atom. The average Bonchev–Trinajstić information content (AvgIpc) is 2.84. The Morgan fingerprint density at radius 1 is 1.40 bits per heavy atom. The average molecular weight is 304 g/mol. The highest BCUT2D eigenvalue weighted by molar-refractivity contribution is 7.07. The van der Waals surface area contributed by atoms with Gasteiger partial charge in [0.2, 0.25) is 0 Å². The second-order valence-electron chi connectivity index (χ2n) is 3.67. The molecule has 106 valence electrons. The molecule has 2 rings (SSSR count). The lowest BCUT2D eigenvalue weighted by molar-refractivity contribution is -0.137. The third-order valence-corrected chi connectivity index (χ3v) is 3.04. The minimum absolute atomic E-state index is 0.0239. The number of carboxylic acid groups (broad SMARTS) is 1. The fourth-order valence-corrected chi connectivity index (χ4v) is 1.88. The molecule has 1 heterocycles. The van der Waals surface area contributed by atoms with Crippen molar-refractivity contribution in [3.63, 3.8) is 0 Å². The van der Waals surface area contributed by atoms with Gasteiger partial charge in [-0.1, -0.05) is 10.6 Å². The van der Waals surface area contributed by atoms with E-state index in [0.717, 1.165) is 12.1 Å². The van der Waals surface area contributed by atoms with Crippen molar-refractivity contribution in [2.45, 2.75) is 12.8 Å². The summed E-state index contributed by atoms with van der Waals surface area (Å²) in [5.74, 6) is -1.23. The van der Waals surface area contributed by atoms with Crippen LogP contribution in [0.4, 0.5) is 13.2 Å². The third-order valence-electron chi connectivity index (χ3n) is 2.29. The van der Waals surface area contributed by atoms with Crippen LogP contribution in [0.5, 0.6) is 5.75 Å². The number of benzene rings is 1. The first kappa shape index (κ1) is 14.3. The summed E-state index contributed by atoms with van der Waals surface area (Å²) in [7, 11) is 0. The lowest BCUT2D eigenvalue weighted by Crippen LogP contribution is -2.06. The van der Waals surface area contributed by atoms with Crippen LogP contribution in [0.1, 0.15) is 20.9 Å². The molecule has 9 heteroatoms. The zero-order valence-electron chi connectivity index (χ0n) is 9.72. The van der Waals surface area contributed by atoms with Gasteiger partial charge in [-0.25, -0.2) is 4.79 Å². The van der Waals surface area contributed by atoms with Crippen molar-refractivity contribution in [2.24, 2.45) is 0 Å². The van der Waals surface area contributed by atoms with E-state index in [4.69, 9.17) is 9.84 Å². The van der Waals surface area contributed by atoms with Crippen LogP contribution in [0.2, 0.25) is 0 Å². The number of hydrogen-bond acceptors (Lipinski definition) is 5.